The zero-order valence-corrected chi connectivity index (χ0v) is 14.0. The van der Waals surface area contributed by atoms with Gasteiger partial charge in [-0.3, -0.25) is 0 Å². The standard InChI is InChI=1S/C20H21N3O2/c21-13-17-8-5-11-23(14-17)20(24)22-18-9-4-10-19(12-18)25-15-16-6-2-1-3-7-16/h1-4,6-7,9-10,12,17H,5,8,11,14-15H2,(H,22,24)/t17-/m0/s1. The van der Waals surface area contributed by atoms with Crippen molar-refractivity contribution < 1.29 is 9.53 Å². The zero-order chi connectivity index (χ0) is 17.5. The van der Waals surface area contributed by atoms with Gasteiger partial charge in [0, 0.05) is 24.8 Å². The lowest BCUT2D eigenvalue weighted by Crippen LogP contribution is -2.42. The zero-order valence-electron chi connectivity index (χ0n) is 14.0. The van der Waals surface area contributed by atoms with Gasteiger partial charge in [-0.2, -0.15) is 5.26 Å². The molecular formula is C20H21N3O2. The largest absolute Gasteiger partial charge is 0.489 e. The van der Waals surface area contributed by atoms with E-state index in [2.05, 4.69) is 11.4 Å². The summed E-state index contributed by atoms with van der Waals surface area (Å²) in [5.41, 5.74) is 1.78. The molecule has 1 atom stereocenters. The summed E-state index contributed by atoms with van der Waals surface area (Å²) >= 11 is 0. The molecular weight excluding hydrogens is 314 g/mol. The molecule has 2 aromatic rings. The fourth-order valence-electron chi connectivity index (χ4n) is 2.87. The summed E-state index contributed by atoms with van der Waals surface area (Å²) in [5, 5.41) is 11.9. The number of hydrogen-bond acceptors (Lipinski definition) is 3. The highest BCUT2D eigenvalue weighted by molar-refractivity contribution is 5.89. The number of likely N-dealkylation sites (tertiary alicyclic amines) is 1. The van der Waals surface area contributed by atoms with Gasteiger partial charge in [0.1, 0.15) is 12.4 Å². The molecule has 1 fully saturated rings. The van der Waals surface area contributed by atoms with Gasteiger partial charge in [-0.1, -0.05) is 36.4 Å². The highest BCUT2D eigenvalue weighted by Crippen LogP contribution is 2.21. The smallest absolute Gasteiger partial charge is 0.321 e. The summed E-state index contributed by atoms with van der Waals surface area (Å²) in [7, 11) is 0. The third-order valence-corrected chi connectivity index (χ3v) is 4.22. The van der Waals surface area contributed by atoms with E-state index >= 15 is 0 Å². The second kappa shape index (κ2) is 8.20. The molecule has 0 spiro atoms. The summed E-state index contributed by atoms with van der Waals surface area (Å²) in [4.78, 5) is 14.1. The molecule has 5 heteroatoms. The van der Waals surface area contributed by atoms with E-state index in [4.69, 9.17) is 10.00 Å². The first-order valence-electron chi connectivity index (χ1n) is 8.47. The Kier molecular flexibility index (Phi) is 5.53. The minimum atomic E-state index is -0.167. The van der Waals surface area contributed by atoms with Crippen molar-refractivity contribution in [1.82, 2.24) is 4.90 Å². The van der Waals surface area contributed by atoms with Gasteiger partial charge in [0.2, 0.25) is 0 Å². The van der Waals surface area contributed by atoms with Crippen molar-refractivity contribution >= 4 is 11.7 Å². The molecule has 1 heterocycles. The van der Waals surface area contributed by atoms with Crippen LogP contribution in [0.15, 0.2) is 54.6 Å². The molecule has 0 bridgehead atoms. The van der Waals surface area contributed by atoms with Crippen molar-refractivity contribution in [2.45, 2.75) is 19.4 Å². The highest BCUT2D eigenvalue weighted by Gasteiger charge is 2.23. The number of piperidine rings is 1. The van der Waals surface area contributed by atoms with Gasteiger partial charge in [-0.05, 0) is 30.5 Å². The van der Waals surface area contributed by atoms with Gasteiger partial charge in [-0.25, -0.2) is 4.79 Å². The summed E-state index contributed by atoms with van der Waals surface area (Å²) in [5.74, 6) is 0.634. The van der Waals surface area contributed by atoms with Crippen LogP contribution in [0.1, 0.15) is 18.4 Å². The lowest BCUT2D eigenvalue weighted by atomic mass is 10.0. The second-order valence-electron chi connectivity index (χ2n) is 6.15. The number of anilines is 1. The predicted octanol–water partition coefficient (Wildman–Crippen LogP) is 4.03. The first-order valence-corrected chi connectivity index (χ1v) is 8.47. The molecule has 128 valence electrons. The number of rotatable bonds is 4. The van der Waals surface area contributed by atoms with E-state index in [-0.39, 0.29) is 11.9 Å². The molecule has 1 aliphatic rings. The Labute approximate surface area is 147 Å². The van der Waals surface area contributed by atoms with Crippen LogP contribution in [0.2, 0.25) is 0 Å². The summed E-state index contributed by atoms with van der Waals surface area (Å²) in [6.45, 7) is 1.66. The molecule has 2 amide bonds. The number of nitriles is 1. The monoisotopic (exact) mass is 335 g/mol. The Morgan fingerprint density at radius 2 is 2.08 bits per heavy atom. The summed E-state index contributed by atoms with van der Waals surface area (Å²) in [6, 6.07) is 19.4. The van der Waals surface area contributed by atoms with Crippen molar-refractivity contribution in [1.29, 1.82) is 5.26 Å². The van der Waals surface area contributed by atoms with Gasteiger partial charge < -0.3 is 15.0 Å². The second-order valence-corrected chi connectivity index (χ2v) is 6.15. The number of hydrogen-bond donors (Lipinski definition) is 1. The number of carbonyl (C=O) groups excluding carboxylic acids is 1. The maximum absolute atomic E-state index is 12.4. The lowest BCUT2D eigenvalue weighted by molar-refractivity contribution is 0.189. The SMILES string of the molecule is N#C[C@@H]1CCCN(C(=O)Nc2cccc(OCc3ccccc3)c2)C1. The lowest BCUT2D eigenvalue weighted by Gasteiger charge is -2.29. The van der Waals surface area contributed by atoms with Crippen LogP contribution in [0, 0.1) is 17.2 Å². The average molecular weight is 335 g/mol. The average Bonchev–Trinajstić information content (AvgIpc) is 2.67. The third-order valence-electron chi connectivity index (χ3n) is 4.22. The van der Waals surface area contributed by atoms with Crippen LogP contribution < -0.4 is 10.1 Å². The van der Waals surface area contributed by atoms with Crippen molar-refractivity contribution in [2.24, 2.45) is 5.92 Å². The molecule has 2 aromatic carbocycles. The normalized spacial score (nSPS) is 16.8. The minimum absolute atomic E-state index is 0.0694. The van der Waals surface area contributed by atoms with E-state index in [9.17, 15) is 4.79 Å². The van der Waals surface area contributed by atoms with Crippen LogP contribution in [0.5, 0.6) is 5.75 Å². The molecule has 1 aliphatic heterocycles. The Hall–Kier alpha value is -3.00. The van der Waals surface area contributed by atoms with E-state index in [0.29, 0.717) is 31.1 Å². The van der Waals surface area contributed by atoms with Gasteiger partial charge in [0.05, 0.1) is 12.0 Å². The summed E-state index contributed by atoms with van der Waals surface area (Å²) < 4.78 is 5.79. The molecule has 0 saturated carbocycles. The quantitative estimate of drug-likeness (QED) is 0.917. The van der Waals surface area contributed by atoms with Crippen LogP contribution in [0.3, 0.4) is 0 Å². The molecule has 1 saturated heterocycles. The molecule has 3 rings (SSSR count). The Morgan fingerprint density at radius 3 is 2.88 bits per heavy atom. The molecule has 25 heavy (non-hydrogen) atoms. The molecule has 1 N–H and O–H groups in total. The topological polar surface area (TPSA) is 65.4 Å². The van der Waals surface area contributed by atoms with Gasteiger partial charge >= 0.3 is 6.03 Å². The first-order chi connectivity index (χ1) is 12.2. The maximum atomic E-state index is 12.4. The third kappa shape index (κ3) is 4.74. The Morgan fingerprint density at radius 1 is 1.24 bits per heavy atom. The molecule has 0 radical (unpaired) electrons. The molecule has 0 aromatic heterocycles. The molecule has 0 unspecified atom stereocenters. The fourth-order valence-corrected chi connectivity index (χ4v) is 2.87. The van der Waals surface area contributed by atoms with Crippen molar-refractivity contribution in [2.75, 3.05) is 18.4 Å². The Balaban J connectivity index is 1.58. The van der Waals surface area contributed by atoms with Crippen molar-refractivity contribution in [3.8, 4) is 11.8 Å². The highest BCUT2D eigenvalue weighted by atomic mass is 16.5. The van der Waals surface area contributed by atoms with Crippen LogP contribution in [-0.4, -0.2) is 24.0 Å². The predicted molar refractivity (Wildman–Crippen MR) is 96.1 cm³/mol. The number of nitrogens with one attached hydrogen (secondary N) is 1. The van der Waals surface area contributed by atoms with Gasteiger partial charge in [-0.15, -0.1) is 0 Å². The molecule has 0 aliphatic carbocycles. The Bertz CT molecular complexity index is 755. The van der Waals surface area contributed by atoms with Gasteiger partial charge in [0.25, 0.3) is 0 Å². The van der Waals surface area contributed by atoms with Crippen molar-refractivity contribution in [3.63, 3.8) is 0 Å². The number of ether oxygens (including phenoxy) is 1. The minimum Gasteiger partial charge on any atom is -0.489 e. The number of nitrogens with zero attached hydrogens (tertiary/aromatic N) is 2. The van der Waals surface area contributed by atoms with Crippen LogP contribution in [-0.2, 0) is 6.61 Å². The number of amides is 2. The number of carbonyl (C=O) groups is 1. The fraction of sp³-hybridized carbons (Fsp3) is 0.300. The van der Waals surface area contributed by atoms with Crippen LogP contribution >= 0.6 is 0 Å². The molecule has 5 nitrogen and oxygen atoms in total. The van der Waals surface area contributed by atoms with E-state index in [1.807, 2.05) is 54.6 Å². The summed E-state index contributed by atoms with van der Waals surface area (Å²) in [6.07, 6.45) is 1.73. The van der Waals surface area contributed by atoms with Crippen LogP contribution in [0.4, 0.5) is 10.5 Å². The van der Waals surface area contributed by atoms with Crippen LogP contribution in [0.25, 0.3) is 0 Å². The van der Waals surface area contributed by atoms with E-state index < -0.39 is 0 Å². The van der Waals surface area contributed by atoms with E-state index in [0.717, 1.165) is 18.4 Å². The maximum Gasteiger partial charge on any atom is 0.321 e. The van der Waals surface area contributed by atoms with Crippen molar-refractivity contribution in [3.05, 3.63) is 60.2 Å². The van der Waals surface area contributed by atoms with Gasteiger partial charge in [0.15, 0.2) is 0 Å². The first kappa shape index (κ1) is 16.8. The van der Waals surface area contributed by atoms with E-state index in [1.165, 1.54) is 0 Å². The number of urea groups is 1. The number of benzene rings is 2. The van der Waals surface area contributed by atoms with E-state index in [1.54, 1.807) is 4.90 Å².